The molecule has 7 nitrogen and oxygen atoms in total. The minimum absolute atomic E-state index is 0.109. The summed E-state index contributed by atoms with van der Waals surface area (Å²) in [6, 6.07) is 12.2. The summed E-state index contributed by atoms with van der Waals surface area (Å²) in [5.74, 6) is -3.57. The van der Waals surface area contributed by atoms with Crippen molar-refractivity contribution >= 4 is 21.6 Å². The topological polar surface area (TPSA) is 89.9 Å². The summed E-state index contributed by atoms with van der Waals surface area (Å²) in [6.07, 6.45) is 0.160. The summed E-state index contributed by atoms with van der Waals surface area (Å²) in [7, 11) is -3.80. The van der Waals surface area contributed by atoms with E-state index in [0.29, 0.717) is 0 Å². The maximum atomic E-state index is 14.0. The molecule has 1 atom stereocenters. The molecule has 1 fully saturated rings. The normalized spacial score (nSPS) is 16.3. The summed E-state index contributed by atoms with van der Waals surface area (Å²) in [6.45, 7) is 0.685. The van der Waals surface area contributed by atoms with Crippen LogP contribution in [0.1, 0.15) is 5.56 Å². The van der Waals surface area contributed by atoms with Crippen LogP contribution in [0, 0.1) is 17.6 Å². The van der Waals surface area contributed by atoms with Gasteiger partial charge in [0.15, 0.2) is 0 Å². The number of sulfonamides is 1. The van der Waals surface area contributed by atoms with Gasteiger partial charge >= 0.3 is 0 Å². The fraction of sp³-hybridized carbons (Fsp3) is 0.350. The molecule has 2 aromatic rings. The summed E-state index contributed by atoms with van der Waals surface area (Å²) in [5.41, 5.74) is 2.54. The van der Waals surface area contributed by atoms with Gasteiger partial charge in [0.05, 0.1) is 17.4 Å². The maximum Gasteiger partial charge on any atom is 0.247 e. The number of hydrogen-bond acceptors (Lipinski definition) is 5. The van der Waals surface area contributed by atoms with Gasteiger partial charge in [-0.2, -0.15) is 4.31 Å². The monoisotopic (exact) mass is 439 g/mol. The summed E-state index contributed by atoms with van der Waals surface area (Å²) >= 11 is 0. The molecule has 10 heteroatoms. The number of amides is 1. The molecular weight excluding hydrogens is 416 g/mol. The largest absolute Gasteiger partial charge is 0.367 e. The molecule has 1 aliphatic heterocycles. The van der Waals surface area contributed by atoms with E-state index in [1.54, 1.807) is 34.6 Å². The molecule has 0 aromatic heterocycles. The number of carbonyl (C=O) groups is 1. The van der Waals surface area contributed by atoms with Crippen molar-refractivity contribution < 1.29 is 27.2 Å². The number of hydroxylamine groups is 1. The zero-order valence-electron chi connectivity index (χ0n) is 16.2. The van der Waals surface area contributed by atoms with Gasteiger partial charge in [-0.05, 0) is 24.1 Å². The molecule has 162 valence electrons. The molecule has 0 spiro atoms. The van der Waals surface area contributed by atoms with E-state index in [1.165, 1.54) is 10.4 Å². The van der Waals surface area contributed by atoms with Crippen LogP contribution in [0.5, 0.6) is 0 Å². The van der Waals surface area contributed by atoms with Gasteiger partial charge in [0, 0.05) is 32.2 Å². The van der Waals surface area contributed by atoms with Crippen molar-refractivity contribution in [2.45, 2.75) is 6.42 Å². The molecule has 2 aromatic carbocycles. The molecule has 1 heterocycles. The minimum atomic E-state index is -3.80. The molecule has 1 aliphatic rings. The van der Waals surface area contributed by atoms with E-state index in [1.807, 2.05) is 6.07 Å². The average molecular weight is 439 g/mol. The lowest BCUT2D eigenvalue weighted by molar-refractivity contribution is -0.132. The van der Waals surface area contributed by atoms with Crippen LogP contribution >= 0.6 is 0 Å². The van der Waals surface area contributed by atoms with E-state index < -0.39 is 39.2 Å². The van der Waals surface area contributed by atoms with Crippen LogP contribution in [0.3, 0.4) is 0 Å². The van der Waals surface area contributed by atoms with Crippen molar-refractivity contribution in [1.82, 2.24) is 9.79 Å². The van der Waals surface area contributed by atoms with Crippen molar-refractivity contribution in [3.05, 3.63) is 65.7 Å². The molecule has 2 N–H and O–H groups in total. The number of rotatable bonds is 7. The molecule has 0 bridgehead atoms. The van der Waals surface area contributed by atoms with Crippen LogP contribution in [0.25, 0.3) is 0 Å². The molecule has 1 unspecified atom stereocenters. The Bertz CT molecular complexity index is 981. The van der Waals surface area contributed by atoms with Crippen LogP contribution in [0.15, 0.2) is 48.5 Å². The SMILES string of the molecule is O=C(NO)C(Cc1ccccc1)CS(=O)(=O)N1CCN(c2ccc(F)cc2F)CC1. The molecule has 1 saturated heterocycles. The van der Waals surface area contributed by atoms with Gasteiger partial charge in [0.1, 0.15) is 11.6 Å². The van der Waals surface area contributed by atoms with Crippen LogP contribution in [-0.4, -0.2) is 55.8 Å². The Labute approximate surface area is 173 Å². The molecule has 0 saturated carbocycles. The Kier molecular flexibility index (Phi) is 7.01. The molecule has 30 heavy (non-hydrogen) atoms. The zero-order valence-corrected chi connectivity index (χ0v) is 17.0. The molecule has 3 rings (SSSR count). The van der Waals surface area contributed by atoms with Gasteiger partial charge in [0.25, 0.3) is 0 Å². The Morgan fingerprint density at radius 3 is 2.33 bits per heavy atom. The second-order valence-corrected chi connectivity index (χ2v) is 9.14. The van der Waals surface area contributed by atoms with E-state index in [4.69, 9.17) is 5.21 Å². The fourth-order valence-electron chi connectivity index (χ4n) is 3.52. The number of nitrogens with one attached hydrogen (secondary N) is 1. The van der Waals surface area contributed by atoms with Gasteiger partial charge in [-0.3, -0.25) is 10.0 Å². The number of hydrogen-bond donors (Lipinski definition) is 2. The van der Waals surface area contributed by atoms with Gasteiger partial charge in [-0.25, -0.2) is 22.7 Å². The predicted molar refractivity (Wildman–Crippen MR) is 107 cm³/mol. The molecule has 0 radical (unpaired) electrons. The van der Waals surface area contributed by atoms with E-state index in [9.17, 15) is 22.0 Å². The highest BCUT2D eigenvalue weighted by Gasteiger charge is 2.32. The third kappa shape index (κ3) is 5.32. The second kappa shape index (κ2) is 9.50. The highest BCUT2D eigenvalue weighted by Crippen LogP contribution is 2.23. The first-order chi connectivity index (χ1) is 14.3. The van der Waals surface area contributed by atoms with Crippen molar-refractivity contribution in [3.8, 4) is 0 Å². The lowest BCUT2D eigenvalue weighted by Crippen LogP contribution is -2.51. The second-order valence-electron chi connectivity index (χ2n) is 7.12. The van der Waals surface area contributed by atoms with Crippen molar-refractivity contribution in [2.75, 3.05) is 36.8 Å². The summed E-state index contributed by atoms with van der Waals surface area (Å²) < 4.78 is 54.1. The lowest BCUT2D eigenvalue weighted by Gasteiger charge is -2.36. The number of halogens is 2. The standard InChI is InChI=1S/C20H23F2N3O4S/c21-17-6-7-19(18(22)13-17)24-8-10-25(11-9-24)30(28,29)14-16(20(26)23-27)12-15-4-2-1-3-5-15/h1-7,13,16,27H,8-12,14H2,(H,23,26). The van der Waals surface area contributed by atoms with Crippen molar-refractivity contribution in [2.24, 2.45) is 5.92 Å². The predicted octanol–water partition coefficient (Wildman–Crippen LogP) is 1.78. The van der Waals surface area contributed by atoms with E-state index in [2.05, 4.69) is 0 Å². The van der Waals surface area contributed by atoms with Crippen LogP contribution in [-0.2, 0) is 21.2 Å². The lowest BCUT2D eigenvalue weighted by atomic mass is 10.0. The zero-order chi connectivity index (χ0) is 21.7. The number of nitrogens with zero attached hydrogens (tertiary/aromatic N) is 2. The molecular formula is C20H23F2N3O4S. The van der Waals surface area contributed by atoms with Crippen LogP contribution in [0.2, 0.25) is 0 Å². The quantitative estimate of drug-likeness (QED) is 0.507. The number of benzene rings is 2. The van der Waals surface area contributed by atoms with Gasteiger partial charge in [0.2, 0.25) is 15.9 Å². The Balaban J connectivity index is 1.66. The first-order valence-corrected chi connectivity index (χ1v) is 11.1. The van der Waals surface area contributed by atoms with E-state index in [-0.39, 0.29) is 38.3 Å². The summed E-state index contributed by atoms with van der Waals surface area (Å²) in [4.78, 5) is 13.7. The van der Waals surface area contributed by atoms with Crippen molar-refractivity contribution in [3.63, 3.8) is 0 Å². The number of piperazine rings is 1. The minimum Gasteiger partial charge on any atom is -0.367 e. The molecule has 0 aliphatic carbocycles. The van der Waals surface area contributed by atoms with Crippen LogP contribution in [0.4, 0.5) is 14.5 Å². The molecule has 1 amide bonds. The third-order valence-electron chi connectivity index (χ3n) is 5.10. The number of carbonyl (C=O) groups excluding carboxylic acids is 1. The third-order valence-corrected chi connectivity index (χ3v) is 7.08. The maximum absolute atomic E-state index is 14.0. The van der Waals surface area contributed by atoms with Gasteiger partial charge in [-0.15, -0.1) is 0 Å². The number of anilines is 1. The highest BCUT2D eigenvalue weighted by molar-refractivity contribution is 7.89. The van der Waals surface area contributed by atoms with Gasteiger partial charge in [-0.1, -0.05) is 30.3 Å². The van der Waals surface area contributed by atoms with Crippen LogP contribution < -0.4 is 10.4 Å². The average Bonchev–Trinajstić information content (AvgIpc) is 2.73. The smallest absolute Gasteiger partial charge is 0.247 e. The van der Waals surface area contributed by atoms with Gasteiger partial charge < -0.3 is 4.90 Å². The first kappa shape index (κ1) is 22.1. The Morgan fingerprint density at radius 2 is 1.73 bits per heavy atom. The van der Waals surface area contributed by atoms with Crippen molar-refractivity contribution in [1.29, 1.82) is 0 Å². The van der Waals surface area contributed by atoms with E-state index in [0.717, 1.165) is 17.7 Å². The fourth-order valence-corrected chi connectivity index (χ4v) is 5.23. The highest BCUT2D eigenvalue weighted by atomic mass is 32.2. The first-order valence-electron chi connectivity index (χ1n) is 9.46. The Morgan fingerprint density at radius 1 is 1.07 bits per heavy atom. The summed E-state index contributed by atoms with van der Waals surface area (Å²) in [5, 5.41) is 9.02. The Hall–Kier alpha value is -2.56. The van der Waals surface area contributed by atoms with E-state index >= 15 is 0 Å².